The largest absolute Gasteiger partial charge is 0.318 e. The lowest BCUT2D eigenvalue weighted by Gasteiger charge is -2.07. The minimum Gasteiger partial charge on any atom is -0.318 e. The zero-order valence-electron chi connectivity index (χ0n) is 11.3. The first kappa shape index (κ1) is 15.1. The van der Waals surface area contributed by atoms with Gasteiger partial charge < -0.3 is 5.32 Å². The summed E-state index contributed by atoms with van der Waals surface area (Å²) < 4.78 is 13.6. The topological polar surface area (TPSA) is 109 Å². The van der Waals surface area contributed by atoms with Crippen LogP contribution in [-0.2, 0) is 0 Å². The molecule has 0 aliphatic carbocycles. The molecule has 22 heavy (non-hydrogen) atoms. The van der Waals surface area contributed by atoms with Crippen LogP contribution >= 0.6 is 0 Å². The van der Waals surface area contributed by atoms with Gasteiger partial charge in [-0.05, 0) is 25.1 Å². The number of anilines is 1. The highest BCUT2D eigenvalue weighted by Gasteiger charge is 2.15. The Kier molecular flexibility index (Phi) is 4.08. The van der Waals surface area contributed by atoms with Crippen LogP contribution in [0.4, 0.5) is 15.8 Å². The van der Waals surface area contributed by atoms with Gasteiger partial charge in [0.25, 0.3) is 11.6 Å². The molecule has 0 bridgehead atoms. The number of aryl methyl sites for hydroxylation is 1. The van der Waals surface area contributed by atoms with E-state index in [4.69, 9.17) is 5.26 Å². The Morgan fingerprint density at radius 3 is 2.73 bits per heavy atom. The minimum absolute atomic E-state index is 0.0255. The minimum atomic E-state index is -0.802. The fourth-order valence-electron chi connectivity index (χ4n) is 1.71. The molecule has 2 aromatic rings. The third-order valence-electron chi connectivity index (χ3n) is 2.85. The quantitative estimate of drug-likeness (QED) is 0.692. The summed E-state index contributed by atoms with van der Waals surface area (Å²) in [5.41, 5.74) is -0.0150. The molecule has 1 amide bonds. The van der Waals surface area contributed by atoms with Crippen molar-refractivity contribution in [3.8, 4) is 6.07 Å². The van der Waals surface area contributed by atoms with E-state index in [1.807, 2.05) is 6.07 Å². The molecule has 2 rings (SSSR count). The smallest absolute Gasteiger partial charge is 0.274 e. The summed E-state index contributed by atoms with van der Waals surface area (Å²) in [7, 11) is 0. The molecule has 0 fully saturated rings. The maximum atomic E-state index is 13.6. The average molecular weight is 300 g/mol. The molecule has 1 aromatic carbocycles. The van der Waals surface area contributed by atoms with E-state index in [2.05, 4.69) is 10.3 Å². The molecule has 110 valence electrons. The van der Waals surface area contributed by atoms with Gasteiger partial charge in [0.05, 0.1) is 21.9 Å². The Labute approximate surface area is 124 Å². The Hall–Kier alpha value is -3.34. The number of nitrogens with zero attached hydrogens (tertiary/aromatic N) is 3. The molecule has 1 N–H and O–H groups in total. The van der Waals surface area contributed by atoms with E-state index in [1.54, 1.807) is 6.92 Å². The van der Waals surface area contributed by atoms with Crippen LogP contribution in [0.15, 0.2) is 30.3 Å². The Bertz CT molecular complexity index is 814. The molecule has 0 atom stereocenters. The lowest BCUT2D eigenvalue weighted by Crippen LogP contribution is -2.15. The van der Waals surface area contributed by atoms with E-state index < -0.39 is 16.6 Å². The molecule has 1 heterocycles. The summed E-state index contributed by atoms with van der Waals surface area (Å²) in [6, 6.07) is 7.45. The number of non-ortho nitro benzene ring substituents is 1. The van der Waals surface area contributed by atoms with Crippen molar-refractivity contribution in [3.05, 3.63) is 63.2 Å². The van der Waals surface area contributed by atoms with Crippen LogP contribution in [0.3, 0.4) is 0 Å². The van der Waals surface area contributed by atoms with Gasteiger partial charge in [0.15, 0.2) is 0 Å². The van der Waals surface area contributed by atoms with Gasteiger partial charge in [0, 0.05) is 12.1 Å². The molecule has 1 aromatic heterocycles. The number of carbonyl (C=O) groups excluding carboxylic acids is 1. The van der Waals surface area contributed by atoms with Crippen molar-refractivity contribution in [2.45, 2.75) is 6.92 Å². The number of hydrogen-bond donors (Lipinski definition) is 1. The molecule has 0 aliphatic rings. The van der Waals surface area contributed by atoms with Crippen molar-refractivity contribution in [1.82, 2.24) is 4.98 Å². The van der Waals surface area contributed by atoms with Crippen LogP contribution in [0.25, 0.3) is 0 Å². The number of nitro groups is 1. The normalized spacial score (nSPS) is 9.86. The van der Waals surface area contributed by atoms with Crippen molar-refractivity contribution in [2.75, 3.05) is 5.32 Å². The number of nitrogens with one attached hydrogen (secondary N) is 1. The first-order valence-corrected chi connectivity index (χ1v) is 6.05. The van der Waals surface area contributed by atoms with E-state index >= 15 is 0 Å². The van der Waals surface area contributed by atoms with Crippen molar-refractivity contribution in [1.29, 1.82) is 5.26 Å². The van der Waals surface area contributed by atoms with E-state index in [0.717, 1.165) is 18.2 Å². The van der Waals surface area contributed by atoms with Crippen molar-refractivity contribution in [2.24, 2.45) is 0 Å². The Morgan fingerprint density at radius 1 is 1.41 bits per heavy atom. The third kappa shape index (κ3) is 3.04. The fourth-order valence-corrected chi connectivity index (χ4v) is 1.71. The number of amides is 1. The van der Waals surface area contributed by atoms with Crippen LogP contribution in [0.5, 0.6) is 0 Å². The number of pyridine rings is 1. The molecule has 0 saturated carbocycles. The average Bonchev–Trinajstić information content (AvgIpc) is 2.49. The molecular formula is C14H9FN4O3. The molecule has 0 saturated heterocycles. The summed E-state index contributed by atoms with van der Waals surface area (Å²) in [5.74, 6) is -1.53. The second-order valence-electron chi connectivity index (χ2n) is 4.32. The molecule has 0 radical (unpaired) electrons. The van der Waals surface area contributed by atoms with Crippen molar-refractivity contribution in [3.63, 3.8) is 0 Å². The van der Waals surface area contributed by atoms with Crippen LogP contribution in [-0.4, -0.2) is 15.8 Å². The van der Waals surface area contributed by atoms with E-state index in [9.17, 15) is 19.3 Å². The zero-order valence-corrected chi connectivity index (χ0v) is 11.3. The number of rotatable bonds is 3. The number of nitriles is 1. The Morgan fingerprint density at radius 2 is 2.14 bits per heavy atom. The number of nitro benzene ring substituents is 1. The number of aromatic nitrogens is 1. The summed E-state index contributed by atoms with van der Waals surface area (Å²) in [6.07, 6.45) is 0. The predicted molar refractivity (Wildman–Crippen MR) is 74.7 cm³/mol. The molecule has 0 spiro atoms. The van der Waals surface area contributed by atoms with Crippen LogP contribution < -0.4 is 5.32 Å². The highest BCUT2D eigenvalue weighted by Crippen LogP contribution is 2.21. The molecular weight excluding hydrogens is 291 g/mol. The van der Waals surface area contributed by atoms with Crippen LogP contribution in [0.2, 0.25) is 0 Å². The second-order valence-corrected chi connectivity index (χ2v) is 4.32. The van der Waals surface area contributed by atoms with Gasteiger partial charge in [0.1, 0.15) is 17.6 Å². The van der Waals surface area contributed by atoms with E-state index in [1.165, 1.54) is 12.1 Å². The maximum Gasteiger partial charge on any atom is 0.274 e. The number of benzene rings is 1. The highest BCUT2D eigenvalue weighted by atomic mass is 19.1. The number of halogens is 1. The predicted octanol–water partition coefficient (Wildman–Crippen LogP) is 2.56. The molecule has 7 nitrogen and oxygen atoms in total. The van der Waals surface area contributed by atoms with E-state index in [0.29, 0.717) is 11.3 Å². The summed E-state index contributed by atoms with van der Waals surface area (Å²) >= 11 is 0. The lowest BCUT2D eigenvalue weighted by molar-refractivity contribution is -0.384. The van der Waals surface area contributed by atoms with E-state index in [-0.39, 0.29) is 17.1 Å². The van der Waals surface area contributed by atoms with Crippen molar-refractivity contribution >= 4 is 17.3 Å². The first-order valence-electron chi connectivity index (χ1n) is 6.05. The number of hydrogen-bond acceptors (Lipinski definition) is 5. The first-order chi connectivity index (χ1) is 10.4. The van der Waals surface area contributed by atoms with Gasteiger partial charge in [-0.1, -0.05) is 0 Å². The molecule has 0 unspecified atom stereocenters. The van der Waals surface area contributed by atoms with Crippen LogP contribution in [0.1, 0.15) is 21.7 Å². The van der Waals surface area contributed by atoms with Gasteiger partial charge in [-0.25, -0.2) is 9.37 Å². The summed E-state index contributed by atoms with van der Waals surface area (Å²) in [4.78, 5) is 25.9. The number of carbonyl (C=O) groups is 1. The van der Waals surface area contributed by atoms with Gasteiger partial charge in [0.2, 0.25) is 0 Å². The summed E-state index contributed by atoms with van der Waals surface area (Å²) in [5, 5.41) is 21.7. The second kappa shape index (κ2) is 5.97. The third-order valence-corrected chi connectivity index (χ3v) is 2.85. The van der Waals surface area contributed by atoms with Gasteiger partial charge >= 0.3 is 0 Å². The highest BCUT2D eigenvalue weighted by molar-refractivity contribution is 6.03. The summed E-state index contributed by atoms with van der Waals surface area (Å²) in [6.45, 7) is 1.56. The molecule has 8 heteroatoms. The van der Waals surface area contributed by atoms with Gasteiger partial charge in [-0.15, -0.1) is 0 Å². The van der Waals surface area contributed by atoms with Gasteiger partial charge in [-0.2, -0.15) is 5.26 Å². The molecule has 0 aliphatic heterocycles. The van der Waals surface area contributed by atoms with Crippen LogP contribution in [0, 0.1) is 34.2 Å². The zero-order chi connectivity index (χ0) is 16.3. The lowest BCUT2D eigenvalue weighted by atomic mass is 10.2. The SMILES string of the molecule is Cc1nc(C(=O)Nc2cc([N+](=O)[O-])ccc2F)ccc1C#N. The van der Waals surface area contributed by atoms with Crippen molar-refractivity contribution < 1.29 is 14.1 Å². The van der Waals surface area contributed by atoms with Gasteiger partial charge in [-0.3, -0.25) is 14.9 Å². The fraction of sp³-hybridized carbons (Fsp3) is 0.0714. The standard InChI is InChI=1S/C14H9FN4O3/c1-8-9(7-16)2-5-12(17-8)14(20)18-13-6-10(19(21)22)3-4-11(13)15/h2-6H,1H3,(H,18,20). The Balaban J connectivity index is 2.29. The monoisotopic (exact) mass is 300 g/mol. The maximum absolute atomic E-state index is 13.6.